The number of amides is 2. The lowest BCUT2D eigenvalue weighted by Gasteiger charge is -2.33. The van der Waals surface area contributed by atoms with Gasteiger partial charge in [-0.2, -0.15) is 0 Å². The van der Waals surface area contributed by atoms with Crippen molar-refractivity contribution in [3.05, 3.63) is 81.1 Å². The molecule has 50 heavy (non-hydrogen) atoms. The number of nitrogens with one attached hydrogen (secondary N) is 2. The molecule has 0 aromatic heterocycles. The highest BCUT2D eigenvalue weighted by atomic mass is 35.5. The number of rotatable bonds is 14. The minimum Gasteiger partial charge on any atom is -0.496 e. The Morgan fingerprint density at radius 2 is 1.54 bits per heavy atom. The first kappa shape index (κ1) is 42.6. The van der Waals surface area contributed by atoms with Crippen LogP contribution in [0, 0.1) is 5.82 Å². The van der Waals surface area contributed by atoms with E-state index in [1.54, 1.807) is 24.3 Å². The number of methoxy groups -OCH3 is 1. The van der Waals surface area contributed by atoms with E-state index in [9.17, 15) is 14.0 Å². The van der Waals surface area contributed by atoms with E-state index in [-0.39, 0.29) is 36.1 Å². The summed E-state index contributed by atoms with van der Waals surface area (Å²) in [6.07, 6.45) is -0.145. The molecule has 1 aliphatic heterocycles. The van der Waals surface area contributed by atoms with Crippen molar-refractivity contribution in [1.29, 1.82) is 0 Å². The summed E-state index contributed by atoms with van der Waals surface area (Å²) in [7, 11) is 1.50. The number of likely N-dealkylation sites (N-methyl/N-ethyl adjacent to an activating group) is 1. The van der Waals surface area contributed by atoms with Crippen LogP contribution in [0.15, 0.2) is 48.5 Å². The van der Waals surface area contributed by atoms with Crippen LogP contribution in [0.1, 0.15) is 47.1 Å². The van der Waals surface area contributed by atoms with Crippen molar-refractivity contribution in [2.24, 2.45) is 0 Å². The molecule has 0 saturated carbocycles. The summed E-state index contributed by atoms with van der Waals surface area (Å²) in [4.78, 5) is 29.2. The van der Waals surface area contributed by atoms with Gasteiger partial charge < -0.3 is 41.2 Å². The average Bonchev–Trinajstić information content (AvgIpc) is 3.09. The Labute approximate surface area is 310 Å². The highest BCUT2D eigenvalue weighted by Gasteiger charge is 2.23. The van der Waals surface area contributed by atoms with Gasteiger partial charge in [-0.1, -0.05) is 49.2 Å². The molecular weight excluding hydrogens is 710 g/mol. The van der Waals surface area contributed by atoms with E-state index in [2.05, 4.69) is 34.3 Å². The van der Waals surface area contributed by atoms with Crippen molar-refractivity contribution in [1.82, 2.24) is 20.4 Å². The van der Waals surface area contributed by atoms with Crippen molar-refractivity contribution in [3.63, 3.8) is 0 Å². The van der Waals surface area contributed by atoms with Gasteiger partial charge in [0.15, 0.2) is 0 Å². The second kappa shape index (κ2) is 21.6. The molecule has 1 unspecified atom stereocenters. The Morgan fingerprint density at radius 1 is 0.960 bits per heavy atom. The third-order valence-electron chi connectivity index (χ3n) is 7.85. The second-order valence-electron chi connectivity index (χ2n) is 11.2. The molecule has 3 aromatic rings. The quantitative estimate of drug-likeness (QED) is 0.157. The fraction of sp³-hybridized carbons (Fsp3) is 0.429. The van der Waals surface area contributed by atoms with Crippen LogP contribution in [-0.2, 0) is 11.3 Å². The molecular formula is C35H48Cl3FN6O5. The first-order valence-corrected chi connectivity index (χ1v) is 17.0. The Hall–Kier alpha value is -3.52. The lowest BCUT2D eigenvalue weighted by atomic mass is 10.1. The summed E-state index contributed by atoms with van der Waals surface area (Å²) >= 11 is 12.0. The normalized spacial score (nSPS) is 14.2. The van der Waals surface area contributed by atoms with Crippen LogP contribution < -0.4 is 31.6 Å². The first-order valence-electron chi connectivity index (χ1n) is 16.2. The standard InChI is InChI=1S/C21H25ClFN3O3.C14H22ClN3O2.ClH/c1-2-28-20-10-19(24)18(22)9-17(20)21(27)25-11-16-13-26(7-8-29-16)12-14-3-5-15(23)6-4-14;1-4-18(5-2)7-6-17-14(19)10-8-11(15)12(16)9-13(10)20-3;/h3-6,9-10,16H,2,7-8,11-13,24H2,1H3,(H,25,27);8-9H,4-7,16H2,1-3H3,(H,17,19);1H. The molecule has 276 valence electrons. The molecule has 0 radical (unpaired) electrons. The number of benzene rings is 3. The number of hydrogen-bond acceptors (Lipinski definition) is 9. The number of nitrogens with zero attached hydrogens (tertiary/aromatic N) is 2. The van der Waals surface area contributed by atoms with E-state index in [0.717, 1.165) is 31.7 Å². The number of nitrogen functional groups attached to an aromatic ring is 2. The van der Waals surface area contributed by atoms with Crippen LogP contribution >= 0.6 is 35.6 Å². The second-order valence-corrected chi connectivity index (χ2v) is 12.0. The topological polar surface area (TPSA) is 144 Å². The molecule has 11 nitrogen and oxygen atoms in total. The van der Waals surface area contributed by atoms with Crippen molar-refractivity contribution in [2.45, 2.75) is 33.4 Å². The maximum absolute atomic E-state index is 13.1. The molecule has 15 heteroatoms. The SMILES string of the molecule is CCN(CC)CCNC(=O)c1cc(Cl)c(N)cc1OC.CCOc1cc(N)c(Cl)cc1C(=O)NCC1CN(Cc2ccc(F)cc2)CCO1.Cl. The van der Waals surface area contributed by atoms with Gasteiger partial charge in [0.25, 0.3) is 11.8 Å². The first-order chi connectivity index (χ1) is 23.5. The van der Waals surface area contributed by atoms with Crippen LogP contribution in [0.3, 0.4) is 0 Å². The number of anilines is 2. The molecule has 0 spiro atoms. The third-order valence-corrected chi connectivity index (χ3v) is 8.50. The molecule has 1 saturated heterocycles. The largest absolute Gasteiger partial charge is 0.496 e. The Morgan fingerprint density at radius 3 is 2.12 bits per heavy atom. The maximum atomic E-state index is 13.1. The van der Waals surface area contributed by atoms with Crippen molar-refractivity contribution >= 4 is 58.8 Å². The molecule has 0 bridgehead atoms. The van der Waals surface area contributed by atoms with Gasteiger partial charge in [-0.25, -0.2) is 4.39 Å². The smallest absolute Gasteiger partial charge is 0.255 e. The van der Waals surface area contributed by atoms with E-state index >= 15 is 0 Å². The van der Waals surface area contributed by atoms with Crippen LogP contribution in [0.25, 0.3) is 0 Å². The Balaban J connectivity index is 0.000000364. The third kappa shape index (κ3) is 13.0. The van der Waals surface area contributed by atoms with Gasteiger partial charge in [-0.15, -0.1) is 12.4 Å². The molecule has 1 fully saturated rings. The van der Waals surface area contributed by atoms with Crippen LogP contribution in [0.2, 0.25) is 10.0 Å². The predicted octanol–water partition coefficient (Wildman–Crippen LogP) is 5.52. The van der Waals surface area contributed by atoms with Gasteiger partial charge in [0.2, 0.25) is 0 Å². The van der Waals surface area contributed by atoms with Crippen molar-refractivity contribution in [3.8, 4) is 11.5 Å². The van der Waals surface area contributed by atoms with Crippen molar-refractivity contribution in [2.75, 3.05) is 77.6 Å². The Kier molecular flexibility index (Phi) is 18.5. The van der Waals surface area contributed by atoms with Crippen LogP contribution in [-0.4, -0.2) is 93.9 Å². The lowest BCUT2D eigenvalue weighted by molar-refractivity contribution is -0.0292. The minimum absolute atomic E-state index is 0. The molecule has 0 aliphatic carbocycles. The average molecular weight is 758 g/mol. The molecule has 6 N–H and O–H groups in total. The zero-order valence-corrected chi connectivity index (χ0v) is 31.2. The number of nitrogens with two attached hydrogens (primary N) is 2. The zero-order valence-electron chi connectivity index (χ0n) is 28.9. The fourth-order valence-corrected chi connectivity index (χ4v) is 5.42. The minimum atomic E-state index is -0.297. The van der Waals surface area contributed by atoms with Crippen molar-refractivity contribution < 1.29 is 28.2 Å². The monoisotopic (exact) mass is 756 g/mol. The van der Waals surface area contributed by atoms with Gasteiger partial charge in [0, 0.05) is 51.4 Å². The molecule has 1 atom stereocenters. The van der Waals surface area contributed by atoms with E-state index in [0.29, 0.717) is 83.4 Å². The number of hydrogen-bond donors (Lipinski definition) is 4. The molecule has 4 rings (SSSR count). The predicted molar refractivity (Wildman–Crippen MR) is 201 cm³/mol. The number of carbonyl (C=O) groups excluding carboxylic acids is 2. The number of morpholine rings is 1. The molecule has 3 aromatic carbocycles. The number of halogens is 4. The summed E-state index contributed by atoms with van der Waals surface area (Å²) in [5, 5.41) is 6.40. The van der Waals surface area contributed by atoms with Gasteiger partial charge in [-0.05, 0) is 49.8 Å². The summed E-state index contributed by atoms with van der Waals surface area (Å²) < 4.78 is 29.5. The molecule has 1 heterocycles. The maximum Gasteiger partial charge on any atom is 0.255 e. The van der Waals surface area contributed by atoms with E-state index in [1.165, 1.54) is 31.4 Å². The number of ether oxygens (including phenoxy) is 3. The fourth-order valence-electron chi connectivity index (χ4n) is 5.10. The summed E-state index contributed by atoms with van der Waals surface area (Å²) in [6.45, 7) is 12.8. The number of carbonyl (C=O) groups is 2. The van der Waals surface area contributed by atoms with Gasteiger partial charge in [-0.3, -0.25) is 14.5 Å². The Bertz CT molecular complexity index is 1530. The van der Waals surface area contributed by atoms with E-state index in [1.807, 2.05) is 6.92 Å². The van der Waals surface area contributed by atoms with Gasteiger partial charge in [0.05, 0.1) is 59.0 Å². The highest BCUT2D eigenvalue weighted by Crippen LogP contribution is 2.30. The summed E-state index contributed by atoms with van der Waals surface area (Å²) in [5.41, 5.74) is 14.0. The zero-order chi connectivity index (χ0) is 35.9. The van der Waals surface area contributed by atoms with E-state index in [4.69, 9.17) is 48.9 Å². The van der Waals surface area contributed by atoms with E-state index < -0.39 is 0 Å². The summed E-state index contributed by atoms with van der Waals surface area (Å²) in [5.74, 6) is 0.0673. The molecule has 1 aliphatic rings. The molecule has 2 amide bonds. The van der Waals surface area contributed by atoms with Gasteiger partial charge in [0.1, 0.15) is 17.3 Å². The van der Waals surface area contributed by atoms with Gasteiger partial charge >= 0.3 is 0 Å². The summed E-state index contributed by atoms with van der Waals surface area (Å²) in [6, 6.07) is 12.6. The highest BCUT2D eigenvalue weighted by molar-refractivity contribution is 6.34. The van der Waals surface area contributed by atoms with Crippen LogP contribution in [0.4, 0.5) is 15.8 Å². The van der Waals surface area contributed by atoms with Crippen LogP contribution in [0.5, 0.6) is 11.5 Å². The lowest BCUT2D eigenvalue weighted by Crippen LogP contribution is -2.47.